The molecule has 2 heterocycles. The molecule has 0 bridgehead atoms. The van der Waals surface area contributed by atoms with Gasteiger partial charge in [-0.3, -0.25) is 4.79 Å². The summed E-state index contributed by atoms with van der Waals surface area (Å²) in [6.07, 6.45) is 1.11. The van der Waals surface area contributed by atoms with E-state index in [9.17, 15) is 24.2 Å². The molecule has 4 rings (SSSR count). The first-order chi connectivity index (χ1) is 12.4. The summed E-state index contributed by atoms with van der Waals surface area (Å²) in [5.74, 6) is -0.897. The van der Waals surface area contributed by atoms with Crippen molar-refractivity contribution in [3.8, 4) is 11.5 Å². The highest BCUT2D eigenvalue weighted by atomic mass is 19.1. The zero-order valence-corrected chi connectivity index (χ0v) is 13.0. The van der Waals surface area contributed by atoms with Crippen molar-refractivity contribution in [2.45, 2.75) is 0 Å². The van der Waals surface area contributed by atoms with Crippen LogP contribution in [0.15, 0.2) is 51.1 Å². The first-order valence-electron chi connectivity index (χ1n) is 7.46. The number of aromatic amines is 2. The van der Waals surface area contributed by atoms with Crippen LogP contribution in [-0.4, -0.2) is 31.1 Å². The molecule has 0 aliphatic heterocycles. The normalized spacial score (nSPS) is 11.7. The number of phenols is 2. The van der Waals surface area contributed by atoms with Gasteiger partial charge in [-0.1, -0.05) is 0 Å². The molecule has 0 saturated heterocycles. The van der Waals surface area contributed by atoms with Gasteiger partial charge in [0.25, 0.3) is 0 Å². The Hall–Kier alpha value is -3.88. The average molecular weight is 354 g/mol. The Balaban J connectivity index is 1.91. The molecule has 0 radical (unpaired) electrons. The highest BCUT2D eigenvalue weighted by Crippen LogP contribution is 2.22. The van der Waals surface area contributed by atoms with Crippen molar-refractivity contribution in [2.24, 2.45) is 5.10 Å². The highest BCUT2D eigenvalue weighted by Gasteiger charge is 2.13. The lowest BCUT2D eigenvalue weighted by atomic mass is 10.2. The van der Waals surface area contributed by atoms with Crippen molar-refractivity contribution in [1.29, 1.82) is 0 Å². The fourth-order valence-electron chi connectivity index (χ4n) is 2.68. The fraction of sp³-hybridized carbons (Fsp3) is 0. The van der Waals surface area contributed by atoms with Crippen LogP contribution in [0.5, 0.6) is 11.5 Å². The van der Waals surface area contributed by atoms with Gasteiger partial charge in [-0.15, -0.1) is 4.68 Å². The van der Waals surface area contributed by atoms with Crippen molar-refractivity contribution in [2.75, 3.05) is 0 Å². The van der Waals surface area contributed by atoms with E-state index in [0.29, 0.717) is 15.6 Å². The van der Waals surface area contributed by atoms with E-state index in [1.54, 1.807) is 0 Å². The number of fused-ring (bicyclic) bond motifs is 3. The number of nitrogens with one attached hydrogen (secondary N) is 2. The number of rotatable bonds is 2. The van der Waals surface area contributed by atoms with Gasteiger partial charge in [0.2, 0.25) is 0 Å². The quantitative estimate of drug-likeness (QED) is 0.408. The van der Waals surface area contributed by atoms with E-state index in [1.165, 1.54) is 30.3 Å². The van der Waals surface area contributed by atoms with Crippen LogP contribution in [0.25, 0.3) is 21.9 Å². The summed E-state index contributed by atoms with van der Waals surface area (Å²) >= 11 is 0. The molecule has 9 heteroatoms. The molecule has 8 nitrogen and oxygen atoms in total. The second-order valence-electron chi connectivity index (χ2n) is 5.60. The number of benzene rings is 2. The first kappa shape index (κ1) is 15.6. The maximum atomic E-state index is 13.4. The molecule has 4 aromatic rings. The molecule has 26 heavy (non-hydrogen) atoms. The Morgan fingerprint density at radius 3 is 2.62 bits per heavy atom. The van der Waals surface area contributed by atoms with E-state index in [2.05, 4.69) is 15.1 Å². The molecule has 0 unspecified atom stereocenters. The fourth-order valence-corrected chi connectivity index (χ4v) is 2.68. The maximum Gasteiger partial charge on any atom is 0.350 e. The van der Waals surface area contributed by atoms with Crippen molar-refractivity contribution in [1.82, 2.24) is 14.6 Å². The van der Waals surface area contributed by atoms with Gasteiger partial charge in [0.1, 0.15) is 22.8 Å². The molecule has 0 amide bonds. The monoisotopic (exact) mass is 354 g/mol. The number of phenolic OH excluding ortho intramolecular Hbond substituents is 2. The summed E-state index contributed by atoms with van der Waals surface area (Å²) in [4.78, 5) is 30.1. The molecule has 0 saturated carbocycles. The zero-order valence-electron chi connectivity index (χ0n) is 13.0. The third kappa shape index (κ3) is 2.42. The summed E-state index contributed by atoms with van der Waals surface area (Å²) in [5, 5.41) is 23.2. The Morgan fingerprint density at radius 1 is 1.04 bits per heavy atom. The molecule has 2 aromatic heterocycles. The van der Waals surface area contributed by atoms with Crippen LogP contribution in [0.2, 0.25) is 0 Å². The van der Waals surface area contributed by atoms with E-state index in [1.807, 2.05) is 0 Å². The Morgan fingerprint density at radius 2 is 1.85 bits per heavy atom. The maximum absolute atomic E-state index is 13.4. The van der Waals surface area contributed by atoms with Gasteiger partial charge in [-0.05, 0) is 30.3 Å². The van der Waals surface area contributed by atoms with E-state index in [4.69, 9.17) is 0 Å². The molecule has 0 aliphatic carbocycles. The van der Waals surface area contributed by atoms with Crippen molar-refractivity contribution < 1.29 is 14.6 Å². The smallest absolute Gasteiger partial charge is 0.350 e. The molecule has 0 aliphatic rings. The van der Waals surface area contributed by atoms with Gasteiger partial charge in [0.15, 0.2) is 0 Å². The predicted molar refractivity (Wildman–Crippen MR) is 93.4 cm³/mol. The molecule has 2 aromatic carbocycles. The average Bonchev–Trinajstić information content (AvgIpc) is 2.94. The van der Waals surface area contributed by atoms with Crippen LogP contribution >= 0.6 is 0 Å². The summed E-state index contributed by atoms with van der Waals surface area (Å²) in [5.41, 5.74) is -0.595. The van der Waals surface area contributed by atoms with Crippen LogP contribution in [0.4, 0.5) is 4.39 Å². The second kappa shape index (κ2) is 5.59. The molecular formula is C17H11FN4O4. The van der Waals surface area contributed by atoms with Gasteiger partial charge >= 0.3 is 11.2 Å². The summed E-state index contributed by atoms with van der Waals surface area (Å²) in [6, 6.07) is 7.71. The van der Waals surface area contributed by atoms with Crippen LogP contribution in [-0.2, 0) is 0 Å². The number of nitrogens with zero attached hydrogens (tertiary/aromatic N) is 2. The minimum Gasteiger partial charge on any atom is -0.508 e. The van der Waals surface area contributed by atoms with Crippen LogP contribution in [0, 0.1) is 5.82 Å². The molecule has 0 spiro atoms. The van der Waals surface area contributed by atoms with Gasteiger partial charge in [-0.25, -0.2) is 9.18 Å². The minimum absolute atomic E-state index is 0.0669. The van der Waals surface area contributed by atoms with E-state index >= 15 is 0 Å². The summed E-state index contributed by atoms with van der Waals surface area (Å²) in [7, 11) is 0. The molecule has 0 atom stereocenters. The van der Waals surface area contributed by atoms with Gasteiger partial charge < -0.3 is 20.2 Å². The first-order valence-corrected chi connectivity index (χ1v) is 7.46. The highest BCUT2D eigenvalue weighted by molar-refractivity contribution is 6.04. The lowest BCUT2D eigenvalue weighted by Gasteiger charge is -2.00. The third-order valence-electron chi connectivity index (χ3n) is 3.92. The topological polar surface area (TPSA) is 123 Å². The number of hydrogen-bond acceptors (Lipinski definition) is 5. The SMILES string of the molecule is O=c1[nH]c2c([nH]c3ccc(F)cc32)c(=O)n1/N=C\c1ccc(O)cc1O. The second-order valence-corrected chi connectivity index (χ2v) is 5.60. The molecule has 130 valence electrons. The Kier molecular flexibility index (Phi) is 3.36. The van der Waals surface area contributed by atoms with E-state index in [-0.39, 0.29) is 28.1 Å². The van der Waals surface area contributed by atoms with Crippen LogP contribution in [0.3, 0.4) is 0 Å². The van der Waals surface area contributed by atoms with Gasteiger partial charge in [0, 0.05) is 22.5 Å². The minimum atomic E-state index is -0.817. The number of halogens is 1. The molecule has 4 N–H and O–H groups in total. The molecular weight excluding hydrogens is 343 g/mol. The number of hydrogen-bond donors (Lipinski definition) is 4. The van der Waals surface area contributed by atoms with Crippen LogP contribution in [0.1, 0.15) is 5.56 Å². The van der Waals surface area contributed by atoms with Crippen molar-refractivity contribution >= 4 is 28.2 Å². The van der Waals surface area contributed by atoms with Crippen molar-refractivity contribution in [3.05, 3.63) is 68.6 Å². The predicted octanol–water partition coefficient (Wildman–Crippen LogP) is 1.60. The number of H-pyrrole nitrogens is 2. The summed E-state index contributed by atoms with van der Waals surface area (Å²) in [6.45, 7) is 0. The Bertz CT molecular complexity index is 1320. The van der Waals surface area contributed by atoms with Crippen molar-refractivity contribution in [3.63, 3.8) is 0 Å². The van der Waals surface area contributed by atoms with Gasteiger partial charge in [-0.2, -0.15) is 5.10 Å². The summed E-state index contributed by atoms with van der Waals surface area (Å²) < 4.78 is 14.0. The lowest BCUT2D eigenvalue weighted by molar-refractivity contribution is 0.450. The van der Waals surface area contributed by atoms with Crippen LogP contribution < -0.4 is 11.2 Å². The standard InChI is InChI=1S/C17H11FN4O4/c18-9-2-4-12-11(5-9)14-15(20-12)16(25)22(17(26)21-14)19-7-8-1-3-10(23)6-13(8)24/h1-7,20,23-24H,(H,21,26)/b19-7-. The van der Waals surface area contributed by atoms with E-state index in [0.717, 1.165) is 12.3 Å². The third-order valence-corrected chi connectivity index (χ3v) is 3.92. The zero-order chi connectivity index (χ0) is 18.4. The number of aromatic hydroxyl groups is 2. The Labute approximate surface area is 143 Å². The molecule has 0 fully saturated rings. The van der Waals surface area contributed by atoms with Gasteiger partial charge in [0.05, 0.1) is 11.7 Å². The van der Waals surface area contributed by atoms with E-state index < -0.39 is 17.1 Å². The lowest BCUT2D eigenvalue weighted by Crippen LogP contribution is -2.32. The largest absolute Gasteiger partial charge is 0.508 e. The number of aromatic nitrogens is 3.